The molecule has 0 amide bonds. The van der Waals surface area contributed by atoms with Gasteiger partial charge in [0, 0.05) is 30.4 Å². The normalized spacial score (nSPS) is 23.8. The van der Waals surface area contributed by atoms with Crippen LogP contribution in [0.1, 0.15) is 58.6 Å². The molecule has 2 atom stereocenters. The van der Waals surface area contributed by atoms with E-state index in [1.165, 1.54) is 24.2 Å². The molecule has 0 bridgehead atoms. The van der Waals surface area contributed by atoms with Crippen molar-refractivity contribution in [1.82, 2.24) is 10.3 Å². The number of nitrogens with zero attached hydrogens (tertiary/aromatic N) is 2. The first-order valence-corrected chi connectivity index (χ1v) is 9.10. The summed E-state index contributed by atoms with van der Waals surface area (Å²) < 4.78 is 6.08. The Hall–Kier alpha value is -1.13. The van der Waals surface area contributed by atoms with Gasteiger partial charge in [-0.25, -0.2) is 0 Å². The maximum Gasteiger partial charge on any atom is 0.0926 e. The molecule has 4 heteroatoms. The molecular formula is C19H31N3O. The van der Waals surface area contributed by atoms with Crippen LogP contribution in [0.25, 0.3) is 0 Å². The highest BCUT2D eigenvalue weighted by molar-refractivity contribution is 5.45. The quantitative estimate of drug-likeness (QED) is 0.873. The van der Waals surface area contributed by atoms with Gasteiger partial charge in [0.2, 0.25) is 0 Å². The zero-order valence-corrected chi connectivity index (χ0v) is 15.0. The molecule has 0 radical (unpaired) electrons. The van der Waals surface area contributed by atoms with Crippen molar-refractivity contribution in [3.63, 3.8) is 0 Å². The Bertz CT molecular complexity index is 510. The van der Waals surface area contributed by atoms with Gasteiger partial charge in [-0.2, -0.15) is 0 Å². The number of morpholine rings is 1. The van der Waals surface area contributed by atoms with Crippen LogP contribution in [-0.4, -0.2) is 42.4 Å². The summed E-state index contributed by atoms with van der Waals surface area (Å²) in [6.07, 6.45) is 5.99. The van der Waals surface area contributed by atoms with E-state index in [-0.39, 0.29) is 11.6 Å². The molecule has 1 saturated heterocycles. The predicted octanol–water partition coefficient (Wildman–Crippen LogP) is 3.33. The third kappa shape index (κ3) is 4.04. The first-order valence-electron chi connectivity index (χ1n) is 9.10. The van der Waals surface area contributed by atoms with Gasteiger partial charge in [0.25, 0.3) is 0 Å². The molecule has 1 saturated carbocycles. The molecule has 4 nitrogen and oxygen atoms in total. The Morgan fingerprint density at radius 3 is 2.78 bits per heavy atom. The summed E-state index contributed by atoms with van der Waals surface area (Å²) in [4.78, 5) is 7.09. The Morgan fingerprint density at radius 1 is 1.39 bits per heavy atom. The Balaban J connectivity index is 1.65. The van der Waals surface area contributed by atoms with Crippen molar-refractivity contribution in [2.45, 2.75) is 70.6 Å². The molecule has 1 aliphatic carbocycles. The molecule has 0 aromatic carbocycles. The summed E-state index contributed by atoms with van der Waals surface area (Å²) in [7, 11) is 0. The Labute approximate surface area is 140 Å². The van der Waals surface area contributed by atoms with Crippen LogP contribution in [0.5, 0.6) is 0 Å². The average Bonchev–Trinajstić information content (AvgIpc) is 3.37. The maximum absolute atomic E-state index is 6.08. The van der Waals surface area contributed by atoms with Crippen molar-refractivity contribution >= 4 is 5.69 Å². The minimum absolute atomic E-state index is 0.0178. The van der Waals surface area contributed by atoms with E-state index in [0.717, 1.165) is 26.1 Å². The number of hydrogen-bond acceptors (Lipinski definition) is 4. The van der Waals surface area contributed by atoms with E-state index in [4.69, 9.17) is 4.74 Å². The first kappa shape index (κ1) is 16.7. The van der Waals surface area contributed by atoms with E-state index in [9.17, 15) is 0 Å². The minimum Gasteiger partial charge on any atom is -0.373 e. The fourth-order valence-corrected chi connectivity index (χ4v) is 3.25. The zero-order chi connectivity index (χ0) is 16.4. The molecule has 0 spiro atoms. The maximum atomic E-state index is 6.08. The van der Waals surface area contributed by atoms with Gasteiger partial charge in [0.1, 0.15) is 0 Å². The summed E-state index contributed by atoms with van der Waals surface area (Å²) >= 11 is 0. The van der Waals surface area contributed by atoms with Crippen molar-refractivity contribution in [2.75, 3.05) is 24.6 Å². The number of anilines is 1. The van der Waals surface area contributed by atoms with Crippen molar-refractivity contribution in [1.29, 1.82) is 0 Å². The SMILES string of the molecule is CCC(C)c1ccc(N2CCOC(C(C)(C)NC3CC3)C2)cn1. The minimum atomic E-state index is 0.0178. The van der Waals surface area contributed by atoms with E-state index in [1.807, 2.05) is 6.20 Å². The molecule has 2 heterocycles. The lowest BCUT2D eigenvalue weighted by molar-refractivity contribution is -0.0134. The molecule has 2 aliphatic rings. The van der Waals surface area contributed by atoms with Crippen LogP contribution in [0.15, 0.2) is 18.3 Å². The fraction of sp³-hybridized carbons (Fsp3) is 0.737. The second-order valence-electron chi connectivity index (χ2n) is 7.70. The van der Waals surface area contributed by atoms with Gasteiger partial charge in [0.15, 0.2) is 0 Å². The predicted molar refractivity (Wildman–Crippen MR) is 95.1 cm³/mol. The number of aromatic nitrogens is 1. The second kappa shape index (κ2) is 6.78. The van der Waals surface area contributed by atoms with E-state index in [0.29, 0.717) is 12.0 Å². The van der Waals surface area contributed by atoms with Crippen LogP contribution in [0.2, 0.25) is 0 Å². The number of rotatable bonds is 6. The molecule has 1 aromatic heterocycles. The smallest absolute Gasteiger partial charge is 0.0926 e. The van der Waals surface area contributed by atoms with Gasteiger partial charge in [-0.05, 0) is 51.2 Å². The lowest BCUT2D eigenvalue weighted by Gasteiger charge is -2.42. The number of nitrogens with one attached hydrogen (secondary N) is 1. The highest BCUT2D eigenvalue weighted by atomic mass is 16.5. The molecule has 1 aromatic rings. The Morgan fingerprint density at radius 2 is 2.17 bits per heavy atom. The molecule has 1 N–H and O–H groups in total. The van der Waals surface area contributed by atoms with Gasteiger partial charge < -0.3 is 15.0 Å². The molecule has 3 rings (SSSR count). The zero-order valence-electron chi connectivity index (χ0n) is 15.0. The van der Waals surface area contributed by atoms with Crippen LogP contribution in [0.4, 0.5) is 5.69 Å². The summed E-state index contributed by atoms with van der Waals surface area (Å²) in [6, 6.07) is 5.10. The number of pyridine rings is 1. The molecule has 2 fully saturated rings. The van der Waals surface area contributed by atoms with Crippen molar-refractivity contribution in [3.05, 3.63) is 24.0 Å². The second-order valence-corrected chi connectivity index (χ2v) is 7.70. The summed E-state index contributed by atoms with van der Waals surface area (Å²) in [5.41, 5.74) is 2.42. The lowest BCUT2D eigenvalue weighted by Crippen LogP contribution is -2.58. The van der Waals surface area contributed by atoms with Gasteiger partial charge in [-0.3, -0.25) is 4.98 Å². The van der Waals surface area contributed by atoms with E-state index in [2.05, 4.69) is 55.0 Å². The summed E-state index contributed by atoms with van der Waals surface area (Å²) in [5, 5.41) is 3.74. The summed E-state index contributed by atoms with van der Waals surface area (Å²) in [5.74, 6) is 0.531. The standard InChI is InChI=1S/C19H31N3O/c1-5-14(2)17-9-8-16(12-20-17)22-10-11-23-18(13-22)19(3,4)21-15-6-7-15/h8-9,12,14-15,18,21H,5-7,10-11,13H2,1-4H3. The van der Waals surface area contributed by atoms with Crippen molar-refractivity contribution < 1.29 is 4.74 Å². The van der Waals surface area contributed by atoms with E-state index < -0.39 is 0 Å². The van der Waals surface area contributed by atoms with Crippen LogP contribution in [-0.2, 0) is 4.74 Å². The number of ether oxygens (including phenoxy) is 1. The Kier molecular flexibility index (Phi) is 4.93. The summed E-state index contributed by atoms with van der Waals surface area (Å²) in [6.45, 7) is 11.6. The van der Waals surface area contributed by atoms with Crippen LogP contribution in [0.3, 0.4) is 0 Å². The van der Waals surface area contributed by atoms with Gasteiger partial charge in [-0.1, -0.05) is 13.8 Å². The number of hydrogen-bond donors (Lipinski definition) is 1. The highest BCUT2D eigenvalue weighted by Gasteiger charge is 2.38. The first-order chi connectivity index (χ1) is 11.0. The fourth-order valence-electron chi connectivity index (χ4n) is 3.25. The van der Waals surface area contributed by atoms with Crippen LogP contribution in [0, 0.1) is 0 Å². The van der Waals surface area contributed by atoms with E-state index >= 15 is 0 Å². The topological polar surface area (TPSA) is 37.4 Å². The monoisotopic (exact) mass is 317 g/mol. The van der Waals surface area contributed by atoms with Crippen molar-refractivity contribution in [3.8, 4) is 0 Å². The molecular weight excluding hydrogens is 286 g/mol. The molecule has 23 heavy (non-hydrogen) atoms. The van der Waals surface area contributed by atoms with Gasteiger partial charge in [0.05, 0.1) is 24.6 Å². The molecule has 2 unspecified atom stereocenters. The molecule has 128 valence electrons. The largest absolute Gasteiger partial charge is 0.373 e. The lowest BCUT2D eigenvalue weighted by atomic mass is 9.95. The molecule has 1 aliphatic heterocycles. The van der Waals surface area contributed by atoms with E-state index in [1.54, 1.807) is 0 Å². The third-order valence-corrected chi connectivity index (χ3v) is 5.28. The van der Waals surface area contributed by atoms with Crippen molar-refractivity contribution in [2.24, 2.45) is 0 Å². The third-order valence-electron chi connectivity index (χ3n) is 5.28. The van der Waals surface area contributed by atoms with Crippen LogP contribution >= 0.6 is 0 Å². The average molecular weight is 317 g/mol. The van der Waals surface area contributed by atoms with Gasteiger partial charge in [-0.15, -0.1) is 0 Å². The van der Waals surface area contributed by atoms with Crippen LogP contribution < -0.4 is 10.2 Å². The highest BCUT2D eigenvalue weighted by Crippen LogP contribution is 2.28. The van der Waals surface area contributed by atoms with Gasteiger partial charge >= 0.3 is 0 Å².